The molecule has 1 fully saturated rings. The Morgan fingerprint density at radius 2 is 2.11 bits per heavy atom. The van der Waals surface area contributed by atoms with Crippen molar-refractivity contribution in [3.05, 3.63) is 28.7 Å². The topological polar surface area (TPSA) is 12.0 Å². The van der Waals surface area contributed by atoms with E-state index in [1.54, 1.807) is 0 Å². The molecule has 0 bridgehead atoms. The number of thioether (sulfide) groups is 1. The van der Waals surface area contributed by atoms with Gasteiger partial charge in [-0.05, 0) is 44.0 Å². The Hall–Kier alpha value is 0.01000. The Balaban J connectivity index is 2.00. The highest BCUT2D eigenvalue weighted by atomic mass is 79.9. The first kappa shape index (κ1) is 15.4. The molecule has 1 aromatic rings. The summed E-state index contributed by atoms with van der Waals surface area (Å²) in [7, 11) is 0. The lowest BCUT2D eigenvalue weighted by molar-refractivity contribution is 0.470. The molecule has 0 saturated heterocycles. The van der Waals surface area contributed by atoms with Crippen LogP contribution in [0.1, 0.15) is 45.4 Å². The molecule has 1 nitrogen and oxygen atoms in total. The third kappa shape index (κ3) is 5.13. The molecule has 1 N–H and O–H groups in total. The van der Waals surface area contributed by atoms with E-state index in [-0.39, 0.29) is 0 Å². The number of rotatable bonds is 5. The molecule has 0 amide bonds. The fraction of sp³-hybridized carbons (Fsp3) is 0.625. The van der Waals surface area contributed by atoms with Crippen LogP contribution in [0.4, 0.5) is 0 Å². The van der Waals surface area contributed by atoms with Gasteiger partial charge in [-0.15, -0.1) is 11.8 Å². The highest BCUT2D eigenvalue weighted by molar-refractivity contribution is 9.10. The van der Waals surface area contributed by atoms with Crippen molar-refractivity contribution in [1.82, 2.24) is 5.32 Å². The largest absolute Gasteiger partial charge is 0.313 e. The summed E-state index contributed by atoms with van der Waals surface area (Å²) in [5, 5.41) is 4.49. The van der Waals surface area contributed by atoms with E-state index in [0.29, 0.717) is 6.04 Å². The minimum absolute atomic E-state index is 0.687. The zero-order valence-electron chi connectivity index (χ0n) is 11.7. The van der Waals surface area contributed by atoms with Crippen molar-refractivity contribution in [3.63, 3.8) is 0 Å². The average molecular weight is 342 g/mol. The van der Waals surface area contributed by atoms with Gasteiger partial charge < -0.3 is 5.32 Å². The minimum Gasteiger partial charge on any atom is -0.313 e. The molecule has 0 spiro atoms. The van der Waals surface area contributed by atoms with Crippen LogP contribution >= 0.6 is 27.7 Å². The number of hydrogen-bond acceptors (Lipinski definition) is 2. The maximum atomic E-state index is 3.76. The van der Waals surface area contributed by atoms with Crippen LogP contribution < -0.4 is 5.32 Å². The van der Waals surface area contributed by atoms with E-state index in [4.69, 9.17) is 0 Å². The monoisotopic (exact) mass is 341 g/mol. The number of benzene rings is 1. The summed E-state index contributed by atoms with van der Waals surface area (Å²) >= 11 is 5.63. The van der Waals surface area contributed by atoms with Crippen molar-refractivity contribution in [2.45, 2.75) is 61.6 Å². The van der Waals surface area contributed by atoms with Crippen molar-refractivity contribution in [2.75, 3.05) is 6.54 Å². The fourth-order valence-corrected chi connectivity index (χ4v) is 4.63. The molecule has 2 unspecified atom stereocenters. The van der Waals surface area contributed by atoms with Gasteiger partial charge in [0.25, 0.3) is 0 Å². The van der Waals surface area contributed by atoms with Crippen LogP contribution in [-0.4, -0.2) is 17.8 Å². The maximum Gasteiger partial charge on any atom is 0.0248 e. The molecule has 0 aromatic heterocycles. The highest BCUT2D eigenvalue weighted by Crippen LogP contribution is 2.34. The Labute approximate surface area is 130 Å². The van der Waals surface area contributed by atoms with Gasteiger partial charge in [0.1, 0.15) is 0 Å². The van der Waals surface area contributed by atoms with Gasteiger partial charge in [0.15, 0.2) is 0 Å². The van der Waals surface area contributed by atoms with Gasteiger partial charge >= 0.3 is 0 Å². The molecule has 3 heteroatoms. The van der Waals surface area contributed by atoms with Crippen LogP contribution in [0.5, 0.6) is 0 Å². The molecule has 1 aromatic carbocycles. The third-order valence-corrected chi connectivity index (χ3v) is 5.58. The van der Waals surface area contributed by atoms with Crippen LogP contribution in [0.2, 0.25) is 0 Å². The van der Waals surface area contributed by atoms with Crippen molar-refractivity contribution in [1.29, 1.82) is 0 Å². The number of nitrogens with one attached hydrogen (secondary N) is 1. The Kier molecular flexibility index (Phi) is 6.75. The molecule has 0 aliphatic heterocycles. The van der Waals surface area contributed by atoms with E-state index in [1.807, 2.05) is 0 Å². The fourth-order valence-electron chi connectivity index (χ4n) is 2.69. The summed E-state index contributed by atoms with van der Waals surface area (Å²) in [6, 6.07) is 9.40. The predicted octanol–water partition coefficient (Wildman–Crippen LogP) is 5.24. The van der Waals surface area contributed by atoms with E-state index in [9.17, 15) is 0 Å². The average Bonchev–Trinajstić information content (AvgIpc) is 2.62. The van der Waals surface area contributed by atoms with E-state index in [1.165, 1.54) is 47.9 Å². The molecule has 19 heavy (non-hydrogen) atoms. The van der Waals surface area contributed by atoms with E-state index in [2.05, 4.69) is 64.2 Å². The van der Waals surface area contributed by atoms with Gasteiger partial charge in [-0.25, -0.2) is 0 Å². The zero-order chi connectivity index (χ0) is 13.5. The second-order valence-electron chi connectivity index (χ2n) is 5.31. The molecule has 1 aliphatic rings. The predicted molar refractivity (Wildman–Crippen MR) is 89.0 cm³/mol. The van der Waals surface area contributed by atoms with Crippen LogP contribution in [0.3, 0.4) is 0 Å². The second-order valence-corrected chi connectivity index (χ2v) is 7.54. The van der Waals surface area contributed by atoms with Gasteiger partial charge in [-0.2, -0.15) is 0 Å². The summed E-state index contributed by atoms with van der Waals surface area (Å²) < 4.78 is 1.18. The van der Waals surface area contributed by atoms with Crippen LogP contribution in [0.25, 0.3) is 0 Å². The standard InChI is InChI=1S/C16H24BrNS/c1-2-11-18-15-9-4-3-5-10-16(15)19-14-8-6-7-13(17)12-14/h6-8,12,15-16,18H,2-5,9-11H2,1H3. The summed E-state index contributed by atoms with van der Waals surface area (Å²) in [4.78, 5) is 1.39. The van der Waals surface area contributed by atoms with E-state index in [0.717, 1.165) is 11.8 Å². The molecule has 1 saturated carbocycles. The minimum atomic E-state index is 0.687. The molecular formula is C16H24BrNS. The lowest BCUT2D eigenvalue weighted by atomic mass is 10.1. The van der Waals surface area contributed by atoms with Crippen LogP contribution in [-0.2, 0) is 0 Å². The van der Waals surface area contributed by atoms with Crippen LogP contribution in [0, 0.1) is 0 Å². The molecule has 0 heterocycles. The summed E-state index contributed by atoms with van der Waals surface area (Å²) in [6.45, 7) is 3.40. The van der Waals surface area contributed by atoms with Crippen molar-refractivity contribution in [3.8, 4) is 0 Å². The first-order valence-corrected chi connectivity index (χ1v) is 9.12. The number of hydrogen-bond donors (Lipinski definition) is 1. The molecule has 2 rings (SSSR count). The van der Waals surface area contributed by atoms with Gasteiger partial charge in [0.05, 0.1) is 0 Å². The van der Waals surface area contributed by atoms with E-state index < -0.39 is 0 Å². The molecular weight excluding hydrogens is 318 g/mol. The van der Waals surface area contributed by atoms with Crippen molar-refractivity contribution in [2.24, 2.45) is 0 Å². The molecule has 0 radical (unpaired) electrons. The SMILES string of the molecule is CCCNC1CCCCCC1Sc1cccc(Br)c1. The first-order valence-electron chi connectivity index (χ1n) is 7.45. The zero-order valence-corrected chi connectivity index (χ0v) is 14.1. The second kappa shape index (κ2) is 8.33. The summed E-state index contributed by atoms with van der Waals surface area (Å²) in [5.41, 5.74) is 0. The maximum absolute atomic E-state index is 3.76. The normalized spacial score (nSPS) is 24.1. The lowest BCUT2D eigenvalue weighted by Gasteiger charge is -2.26. The van der Waals surface area contributed by atoms with Crippen molar-refractivity contribution < 1.29 is 0 Å². The molecule has 2 atom stereocenters. The van der Waals surface area contributed by atoms with E-state index >= 15 is 0 Å². The first-order chi connectivity index (χ1) is 9.29. The Bertz CT molecular complexity index is 383. The smallest absolute Gasteiger partial charge is 0.0248 e. The quantitative estimate of drug-likeness (QED) is 0.734. The van der Waals surface area contributed by atoms with Crippen molar-refractivity contribution >= 4 is 27.7 Å². The molecule has 106 valence electrons. The van der Waals surface area contributed by atoms with Gasteiger partial charge in [0.2, 0.25) is 0 Å². The third-order valence-electron chi connectivity index (χ3n) is 3.69. The van der Waals surface area contributed by atoms with Crippen LogP contribution in [0.15, 0.2) is 33.6 Å². The summed E-state index contributed by atoms with van der Waals surface area (Å²) in [6.07, 6.45) is 8.09. The Morgan fingerprint density at radius 1 is 1.26 bits per heavy atom. The Morgan fingerprint density at radius 3 is 2.89 bits per heavy atom. The number of halogens is 1. The van der Waals surface area contributed by atoms with Gasteiger partial charge in [-0.1, -0.05) is 48.2 Å². The lowest BCUT2D eigenvalue weighted by Crippen LogP contribution is -2.37. The summed E-state index contributed by atoms with van der Waals surface area (Å²) in [5.74, 6) is 0. The van der Waals surface area contributed by atoms with Gasteiger partial charge in [-0.3, -0.25) is 0 Å². The molecule has 1 aliphatic carbocycles. The highest BCUT2D eigenvalue weighted by Gasteiger charge is 2.23. The van der Waals surface area contributed by atoms with Gasteiger partial charge in [0, 0.05) is 20.7 Å².